The molecule has 0 spiro atoms. The molecule has 1 aromatic carbocycles. The van der Waals surface area contributed by atoms with E-state index in [2.05, 4.69) is 4.72 Å². The van der Waals surface area contributed by atoms with Crippen molar-refractivity contribution in [2.75, 3.05) is 4.72 Å². The van der Waals surface area contributed by atoms with Gasteiger partial charge in [0.25, 0.3) is 10.0 Å². The van der Waals surface area contributed by atoms with Crippen molar-refractivity contribution in [1.82, 2.24) is 9.13 Å². The highest BCUT2D eigenvalue weighted by Crippen LogP contribution is 2.26. The Morgan fingerprint density at radius 2 is 1.77 bits per heavy atom. The summed E-state index contributed by atoms with van der Waals surface area (Å²) in [7, 11) is -0.245. The number of sulfonamides is 1. The number of imidazole rings is 1. The maximum Gasteiger partial charge on any atom is 0.328 e. The van der Waals surface area contributed by atoms with E-state index in [1.165, 1.54) is 4.57 Å². The Bertz CT molecular complexity index is 1010. The number of fused-ring (bicyclic) bond motifs is 1. The molecule has 6 nitrogen and oxygen atoms in total. The molecule has 0 amide bonds. The van der Waals surface area contributed by atoms with Crippen molar-refractivity contribution in [3.8, 4) is 0 Å². The third-order valence-corrected chi connectivity index (χ3v) is 6.39. The summed E-state index contributed by atoms with van der Waals surface area (Å²) in [4.78, 5) is 12.0. The molecule has 116 valence electrons. The predicted octanol–water partition coefficient (Wildman–Crippen LogP) is 2.05. The highest BCUT2D eigenvalue weighted by atomic mass is 32.2. The van der Waals surface area contributed by atoms with E-state index in [0.29, 0.717) is 11.2 Å². The molecule has 8 heteroatoms. The summed E-state index contributed by atoms with van der Waals surface area (Å²) in [6.45, 7) is 1.81. The summed E-state index contributed by atoms with van der Waals surface area (Å²) in [6, 6.07) is 6.75. The standard InChI is InChI=1S/C14H15N3O3S2/c1-9-7-11-12(17(3)14(18)16(11)2)8-10(9)15-22(19,20)13-5-4-6-21-13/h4-8,15H,1-3H3. The minimum atomic E-state index is -3.60. The Kier molecular flexibility index (Phi) is 3.37. The van der Waals surface area contributed by atoms with Crippen LogP contribution in [0.3, 0.4) is 0 Å². The topological polar surface area (TPSA) is 73.1 Å². The van der Waals surface area contributed by atoms with Crippen molar-refractivity contribution >= 4 is 38.1 Å². The second-order valence-corrected chi connectivity index (χ2v) is 7.95. The molecule has 3 aromatic rings. The fraction of sp³-hybridized carbons (Fsp3) is 0.214. The number of hydrogen-bond donors (Lipinski definition) is 1. The van der Waals surface area contributed by atoms with Gasteiger partial charge in [0, 0.05) is 14.1 Å². The quantitative estimate of drug-likeness (QED) is 0.795. The van der Waals surface area contributed by atoms with Gasteiger partial charge in [0.05, 0.1) is 16.7 Å². The molecule has 0 fully saturated rings. The van der Waals surface area contributed by atoms with Gasteiger partial charge in [-0.05, 0) is 36.1 Å². The van der Waals surface area contributed by atoms with E-state index in [0.717, 1.165) is 22.4 Å². The summed E-state index contributed by atoms with van der Waals surface area (Å²) in [5, 5.41) is 1.71. The van der Waals surface area contributed by atoms with E-state index >= 15 is 0 Å². The Balaban J connectivity index is 2.15. The number of rotatable bonds is 3. The lowest BCUT2D eigenvalue weighted by molar-refractivity contribution is 0.603. The van der Waals surface area contributed by atoms with Gasteiger partial charge in [-0.3, -0.25) is 13.9 Å². The minimum Gasteiger partial charge on any atom is -0.295 e. The number of aryl methyl sites for hydroxylation is 3. The third kappa shape index (κ3) is 2.24. The molecule has 2 heterocycles. The highest BCUT2D eigenvalue weighted by Gasteiger charge is 2.18. The van der Waals surface area contributed by atoms with Crippen LogP contribution in [0.1, 0.15) is 5.56 Å². The Labute approximate surface area is 131 Å². The van der Waals surface area contributed by atoms with E-state index in [-0.39, 0.29) is 9.90 Å². The van der Waals surface area contributed by atoms with Crippen LogP contribution in [0.2, 0.25) is 0 Å². The second kappa shape index (κ2) is 4.99. The van der Waals surface area contributed by atoms with E-state index in [4.69, 9.17) is 0 Å². The van der Waals surface area contributed by atoms with Crippen LogP contribution in [0.4, 0.5) is 5.69 Å². The van der Waals surface area contributed by atoms with Crippen molar-refractivity contribution in [1.29, 1.82) is 0 Å². The number of benzene rings is 1. The molecule has 0 atom stereocenters. The molecule has 0 bridgehead atoms. The molecular weight excluding hydrogens is 322 g/mol. The molecule has 3 rings (SSSR count). The van der Waals surface area contributed by atoms with Gasteiger partial charge in [-0.25, -0.2) is 13.2 Å². The van der Waals surface area contributed by atoms with Crippen LogP contribution in [0.5, 0.6) is 0 Å². The van der Waals surface area contributed by atoms with Gasteiger partial charge in [0.1, 0.15) is 4.21 Å². The molecule has 0 saturated heterocycles. The predicted molar refractivity (Wildman–Crippen MR) is 88.0 cm³/mol. The maximum atomic E-state index is 12.3. The fourth-order valence-electron chi connectivity index (χ4n) is 2.37. The number of thiophene rings is 1. The summed E-state index contributed by atoms with van der Waals surface area (Å²) in [5.41, 5.74) is 2.54. The summed E-state index contributed by atoms with van der Waals surface area (Å²) in [5.74, 6) is 0. The van der Waals surface area contributed by atoms with Crippen molar-refractivity contribution in [3.63, 3.8) is 0 Å². The van der Waals surface area contributed by atoms with Gasteiger partial charge in [-0.1, -0.05) is 6.07 Å². The summed E-state index contributed by atoms with van der Waals surface area (Å²) in [6.07, 6.45) is 0. The van der Waals surface area contributed by atoms with Crippen LogP contribution in [-0.4, -0.2) is 17.6 Å². The molecule has 2 aromatic heterocycles. The van der Waals surface area contributed by atoms with E-state index in [1.54, 1.807) is 42.2 Å². The molecular formula is C14H15N3O3S2. The van der Waals surface area contributed by atoms with Crippen LogP contribution in [0.15, 0.2) is 38.6 Å². The lowest BCUT2D eigenvalue weighted by Crippen LogP contribution is -2.19. The molecule has 1 N–H and O–H groups in total. The first-order valence-corrected chi connectivity index (χ1v) is 8.90. The van der Waals surface area contributed by atoms with Gasteiger partial charge < -0.3 is 0 Å². The van der Waals surface area contributed by atoms with E-state index in [1.807, 2.05) is 13.0 Å². The molecule has 0 radical (unpaired) electrons. The maximum absolute atomic E-state index is 12.3. The van der Waals surface area contributed by atoms with Crippen molar-refractivity contribution in [3.05, 3.63) is 45.7 Å². The molecule has 0 aliphatic heterocycles. The van der Waals surface area contributed by atoms with Crippen LogP contribution >= 0.6 is 11.3 Å². The lowest BCUT2D eigenvalue weighted by atomic mass is 10.2. The smallest absolute Gasteiger partial charge is 0.295 e. The van der Waals surface area contributed by atoms with E-state index < -0.39 is 10.0 Å². The van der Waals surface area contributed by atoms with Gasteiger partial charge in [-0.2, -0.15) is 0 Å². The SMILES string of the molecule is Cc1cc2c(cc1NS(=O)(=O)c1cccs1)n(C)c(=O)n2C. The summed E-state index contributed by atoms with van der Waals surface area (Å²) >= 11 is 1.16. The first-order valence-electron chi connectivity index (χ1n) is 6.53. The van der Waals surface area contributed by atoms with Gasteiger partial charge in [-0.15, -0.1) is 11.3 Å². The molecule has 0 saturated carbocycles. The molecule has 22 heavy (non-hydrogen) atoms. The van der Waals surface area contributed by atoms with Gasteiger partial charge >= 0.3 is 5.69 Å². The number of aromatic nitrogens is 2. The first kappa shape index (κ1) is 14.9. The Morgan fingerprint density at radius 3 is 2.36 bits per heavy atom. The lowest BCUT2D eigenvalue weighted by Gasteiger charge is -2.10. The van der Waals surface area contributed by atoms with Crippen molar-refractivity contribution in [2.45, 2.75) is 11.1 Å². The first-order chi connectivity index (χ1) is 10.3. The number of nitrogens with one attached hydrogen (secondary N) is 1. The molecule has 0 aliphatic rings. The number of hydrogen-bond acceptors (Lipinski definition) is 4. The average Bonchev–Trinajstić information content (AvgIpc) is 3.06. The zero-order valence-corrected chi connectivity index (χ0v) is 14.0. The van der Waals surface area contributed by atoms with Crippen LogP contribution < -0.4 is 10.4 Å². The highest BCUT2D eigenvalue weighted by molar-refractivity contribution is 7.94. The zero-order valence-electron chi connectivity index (χ0n) is 12.3. The summed E-state index contributed by atoms with van der Waals surface area (Å²) < 4.78 is 30.6. The normalized spacial score (nSPS) is 12.0. The van der Waals surface area contributed by atoms with Gasteiger partial charge in [0.2, 0.25) is 0 Å². The van der Waals surface area contributed by atoms with Crippen LogP contribution in [-0.2, 0) is 24.1 Å². The number of anilines is 1. The largest absolute Gasteiger partial charge is 0.328 e. The average molecular weight is 337 g/mol. The molecule has 0 aliphatic carbocycles. The molecule has 0 unspecified atom stereocenters. The third-order valence-electron chi connectivity index (χ3n) is 3.62. The van der Waals surface area contributed by atoms with Crippen LogP contribution in [0, 0.1) is 6.92 Å². The zero-order chi connectivity index (χ0) is 16.1. The van der Waals surface area contributed by atoms with Gasteiger partial charge in [0.15, 0.2) is 0 Å². The van der Waals surface area contributed by atoms with Crippen molar-refractivity contribution < 1.29 is 8.42 Å². The monoisotopic (exact) mass is 337 g/mol. The van der Waals surface area contributed by atoms with E-state index in [9.17, 15) is 13.2 Å². The fourth-order valence-corrected chi connectivity index (χ4v) is 4.49. The Morgan fingerprint density at radius 1 is 1.14 bits per heavy atom. The second-order valence-electron chi connectivity index (χ2n) is 5.09. The minimum absolute atomic E-state index is 0.146. The van der Waals surface area contributed by atoms with Crippen LogP contribution in [0.25, 0.3) is 11.0 Å². The number of nitrogens with zero attached hydrogens (tertiary/aromatic N) is 2. The Hall–Kier alpha value is -2.06. The van der Waals surface area contributed by atoms with Crippen molar-refractivity contribution in [2.24, 2.45) is 14.1 Å².